The second-order valence-electron chi connectivity index (χ2n) is 8.14. The lowest BCUT2D eigenvalue weighted by Crippen LogP contribution is -2.45. The van der Waals surface area contributed by atoms with E-state index in [0.29, 0.717) is 23.7 Å². The van der Waals surface area contributed by atoms with E-state index in [4.69, 9.17) is 11.6 Å². The number of anilines is 2. The summed E-state index contributed by atoms with van der Waals surface area (Å²) in [4.78, 5) is 1.92. The Hall–Kier alpha value is -1.69. The Balaban J connectivity index is 1.60. The Labute approximate surface area is 197 Å². The molecule has 1 aliphatic heterocycles. The second-order valence-corrected chi connectivity index (χ2v) is 11.2. The minimum absolute atomic E-state index is 0.121. The van der Waals surface area contributed by atoms with Crippen molar-refractivity contribution in [2.24, 2.45) is 5.92 Å². The highest BCUT2D eigenvalue weighted by Gasteiger charge is 2.27. The monoisotopic (exact) mass is 499 g/mol. The molecule has 8 nitrogen and oxygen atoms in total. The van der Waals surface area contributed by atoms with Gasteiger partial charge in [-0.25, -0.2) is 4.72 Å². The van der Waals surface area contributed by atoms with E-state index in [-0.39, 0.29) is 25.6 Å². The van der Waals surface area contributed by atoms with E-state index in [2.05, 4.69) is 4.72 Å². The topological polar surface area (TPSA) is 96.0 Å². The number of hydrogen-bond acceptors (Lipinski definition) is 5. The van der Waals surface area contributed by atoms with Crippen molar-refractivity contribution in [3.8, 4) is 0 Å². The summed E-state index contributed by atoms with van der Waals surface area (Å²) in [5.41, 5.74) is 3.49. The first-order chi connectivity index (χ1) is 15.1. The SMILES string of the molecule is C[C@@H](CNS(=O)(=O)N1CCc2cc(Cl)ccc2C1)CN(c1ccc(N(C)C)cc1)S(=O)[O-]. The van der Waals surface area contributed by atoms with Crippen molar-refractivity contribution in [1.29, 1.82) is 0 Å². The molecular weight excluding hydrogens is 472 g/mol. The number of benzene rings is 2. The summed E-state index contributed by atoms with van der Waals surface area (Å²) in [6.45, 7) is 2.73. The summed E-state index contributed by atoms with van der Waals surface area (Å²) in [7, 11) is 0.116. The predicted molar refractivity (Wildman–Crippen MR) is 129 cm³/mol. The lowest BCUT2D eigenvalue weighted by molar-refractivity contribution is 0.381. The molecular formula is C21H28ClN4O4S2-. The van der Waals surface area contributed by atoms with Gasteiger partial charge in [-0.2, -0.15) is 12.7 Å². The molecule has 11 heteroatoms. The van der Waals surface area contributed by atoms with E-state index < -0.39 is 21.5 Å². The van der Waals surface area contributed by atoms with Crippen LogP contribution in [0.1, 0.15) is 18.1 Å². The Morgan fingerprint density at radius 1 is 1.16 bits per heavy atom. The van der Waals surface area contributed by atoms with E-state index in [1.54, 1.807) is 18.2 Å². The zero-order chi connectivity index (χ0) is 23.5. The lowest BCUT2D eigenvalue weighted by Gasteiger charge is -2.31. The van der Waals surface area contributed by atoms with Crippen molar-refractivity contribution in [3.63, 3.8) is 0 Å². The minimum Gasteiger partial charge on any atom is -0.755 e. The molecule has 0 aromatic heterocycles. The van der Waals surface area contributed by atoms with Crippen LogP contribution in [0.15, 0.2) is 42.5 Å². The van der Waals surface area contributed by atoms with Gasteiger partial charge in [0.25, 0.3) is 10.2 Å². The fourth-order valence-corrected chi connectivity index (χ4v) is 5.74. The van der Waals surface area contributed by atoms with Gasteiger partial charge in [-0.1, -0.05) is 24.6 Å². The van der Waals surface area contributed by atoms with Gasteiger partial charge in [-0.05, 0) is 59.9 Å². The van der Waals surface area contributed by atoms with E-state index in [9.17, 15) is 17.2 Å². The van der Waals surface area contributed by atoms with Gasteiger partial charge in [0, 0.05) is 67.9 Å². The maximum atomic E-state index is 12.8. The van der Waals surface area contributed by atoms with Crippen molar-refractivity contribution in [3.05, 3.63) is 58.6 Å². The summed E-state index contributed by atoms with van der Waals surface area (Å²) < 4.78 is 54.5. The molecule has 0 aliphatic carbocycles. The summed E-state index contributed by atoms with van der Waals surface area (Å²) in [5.74, 6) is -0.243. The van der Waals surface area contributed by atoms with E-state index in [1.165, 1.54) is 8.61 Å². The first-order valence-corrected chi connectivity index (χ1v) is 13.1. The van der Waals surface area contributed by atoms with E-state index >= 15 is 0 Å². The average molecular weight is 500 g/mol. The van der Waals surface area contributed by atoms with Crippen LogP contribution in [-0.2, 0) is 34.4 Å². The molecule has 0 amide bonds. The summed E-state index contributed by atoms with van der Waals surface area (Å²) in [6.07, 6.45) is 0.595. The molecule has 176 valence electrons. The quantitative estimate of drug-likeness (QED) is 0.535. The molecule has 0 spiro atoms. The van der Waals surface area contributed by atoms with Crippen molar-refractivity contribution < 1.29 is 17.2 Å². The molecule has 1 heterocycles. The molecule has 1 N–H and O–H groups in total. The third kappa shape index (κ3) is 6.21. The molecule has 1 aliphatic rings. The third-order valence-electron chi connectivity index (χ3n) is 5.41. The number of nitrogens with zero attached hydrogens (tertiary/aromatic N) is 3. The van der Waals surface area contributed by atoms with Crippen LogP contribution >= 0.6 is 11.6 Å². The van der Waals surface area contributed by atoms with Crippen molar-refractivity contribution in [2.45, 2.75) is 19.9 Å². The van der Waals surface area contributed by atoms with Gasteiger partial charge < -0.3 is 13.8 Å². The Kier molecular flexibility index (Phi) is 8.18. The normalized spacial score (nSPS) is 16.3. The summed E-state index contributed by atoms with van der Waals surface area (Å²) >= 11 is 3.55. The van der Waals surface area contributed by atoms with Crippen LogP contribution in [0.25, 0.3) is 0 Å². The van der Waals surface area contributed by atoms with Gasteiger partial charge in [0.15, 0.2) is 0 Å². The second kappa shape index (κ2) is 10.5. The van der Waals surface area contributed by atoms with Crippen LogP contribution in [0.5, 0.6) is 0 Å². The first kappa shape index (κ1) is 24.9. The van der Waals surface area contributed by atoms with Gasteiger partial charge >= 0.3 is 0 Å². The molecule has 0 radical (unpaired) electrons. The molecule has 0 saturated heterocycles. The van der Waals surface area contributed by atoms with Gasteiger partial charge in [0.1, 0.15) is 0 Å². The van der Waals surface area contributed by atoms with Gasteiger partial charge in [0.05, 0.1) is 0 Å². The van der Waals surface area contributed by atoms with Crippen LogP contribution < -0.4 is 13.9 Å². The maximum absolute atomic E-state index is 12.8. The maximum Gasteiger partial charge on any atom is 0.279 e. The van der Waals surface area contributed by atoms with Gasteiger partial charge in [-0.3, -0.25) is 4.21 Å². The predicted octanol–water partition coefficient (Wildman–Crippen LogP) is 2.54. The summed E-state index contributed by atoms with van der Waals surface area (Å²) in [6, 6.07) is 12.6. The van der Waals surface area contributed by atoms with Crippen molar-refractivity contribution in [1.82, 2.24) is 9.03 Å². The molecule has 2 aromatic rings. The smallest absolute Gasteiger partial charge is 0.279 e. The zero-order valence-electron chi connectivity index (χ0n) is 18.3. The molecule has 1 unspecified atom stereocenters. The standard InChI is InChI=1S/C21H29ClN4O4S2/c1-16(14-26(31(27)28)21-8-6-20(7-9-21)24(2)3)13-23-32(29,30)25-11-10-17-12-19(22)5-4-18(17)15-25/h4-9,12,16,23H,10-11,13-15H2,1-3H3,(H,27,28)/p-1/t16-/m0/s1. The Morgan fingerprint density at radius 2 is 1.81 bits per heavy atom. The molecule has 32 heavy (non-hydrogen) atoms. The van der Waals surface area contributed by atoms with Crippen LogP contribution in [-0.4, -0.2) is 55.2 Å². The van der Waals surface area contributed by atoms with E-state index in [1.807, 2.05) is 50.2 Å². The molecule has 3 rings (SSSR count). The highest BCUT2D eigenvalue weighted by molar-refractivity contribution is 7.87. The highest BCUT2D eigenvalue weighted by atomic mass is 35.5. The van der Waals surface area contributed by atoms with Gasteiger partial charge in [0.2, 0.25) is 0 Å². The number of fused-ring (bicyclic) bond motifs is 1. The zero-order valence-corrected chi connectivity index (χ0v) is 20.7. The Bertz CT molecular complexity index is 1060. The molecule has 0 bridgehead atoms. The summed E-state index contributed by atoms with van der Waals surface area (Å²) in [5, 5.41) is 0.642. The highest BCUT2D eigenvalue weighted by Crippen LogP contribution is 2.24. The van der Waals surface area contributed by atoms with Crippen LogP contribution in [0, 0.1) is 5.92 Å². The molecule has 2 atom stereocenters. The average Bonchev–Trinajstić information content (AvgIpc) is 2.75. The van der Waals surface area contributed by atoms with Crippen LogP contribution in [0.4, 0.5) is 11.4 Å². The number of nitrogens with one attached hydrogen (secondary N) is 1. The molecule has 0 fully saturated rings. The van der Waals surface area contributed by atoms with Gasteiger partial charge in [-0.15, -0.1) is 0 Å². The molecule has 0 saturated carbocycles. The van der Waals surface area contributed by atoms with Crippen LogP contribution in [0.3, 0.4) is 0 Å². The minimum atomic E-state index is -3.69. The van der Waals surface area contributed by atoms with Crippen molar-refractivity contribution >= 4 is 44.5 Å². The number of halogens is 1. The van der Waals surface area contributed by atoms with E-state index in [0.717, 1.165) is 16.8 Å². The lowest BCUT2D eigenvalue weighted by atomic mass is 10.0. The molecule has 2 aromatic carbocycles. The number of hydrogen-bond donors (Lipinski definition) is 1. The first-order valence-electron chi connectivity index (χ1n) is 10.2. The third-order valence-corrected chi connectivity index (χ3v) is 7.89. The fraction of sp³-hybridized carbons (Fsp3) is 0.429. The van der Waals surface area contributed by atoms with Crippen molar-refractivity contribution in [2.75, 3.05) is 42.9 Å². The Morgan fingerprint density at radius 3 is 2.44 bits per heavy atom. The fourth-order valence-electron chi connectivity index (χ4n) is 3.56. The largest absolute Gasteiger partial charge is 0.755 e. The number of rotatable bonds is 9. The van der Waals surface area contributed by atoms with Crippen LogP contribution in [0.2, 0.25) is 5.02 Å².